The number of hydrogen-bond donors (Lipinski definition) is 0. The molecule has 2 aromatic heterocycles. The lowest BCUT2D eigenvalue weighted by Crippen LogP contribution is -2.27. The van der Waals surface area contributed by atoms with Crippen LogP contribution in [0.2, 0.25) is 0 Å². The van der Waals surface area contributed by atoms with E-state index < -0.39 is 34.8 Å². The number of ketones is 3. The van der Waals surface area contributed by atoms with Gasteiger partial charge in [-0.05, 0) is 90.6 Å². The molecule has 0 bridgehead atoms. The minimum absolute atomic E-state index is 0.108. The number of fused-ring (bicyclic) bond motifs is 7. The Bertz CT molecular complexity index is 2350. The zero-order valence-electron chi connectivity index (χ0n) is 25.2. The van der Waals surface area contributed by atoms with E-state index in [0.29, 0.717) is 16.0 Å². The van der Waals surface area contributed by atoms with Crippen molar-refractivity contribution < 1.29 is 27.6 Å². The fraction of sp³-hybridized carbons (Fsp3) is 0.184. The van der Waals surface area contributed by atoms with Crippen LogP contribution in [0.3, 0.4) is 0 Å². The van der Waals surface area contributed by atoms with Crippen molar-refractivity contribution in [3.05, 3.63) is 119 Å². The number of allylic oxidation sites excluding steroid dienone is 4. The predicted molar refractivity (Wildman–Crippen MR) is 176 cm³/mol. The van der Waals surface area contributed by atoms with Gasteiger partial charge in [-0.2, -0.15) is 10.5 Å². The second-order valence-electron chi connectivity index (χ2n) is 12.5. The molecular formula is C38H21F3N2O3S2. The molecule has 8 rings (SSSR count). The third kappa shape index (κ3) is 4.16. The van der Waals surface area contributed by atoms with Crippen molar-refractivity contribution in [3.8, 4) is 21.9 Å². The lowest BCUT2D eigenvalue weighted by molar-refractivity contribution is 0.0988. The fourth-order valence-corrected chi connectivity index (χ4v) is 10.2. The van der Waals surface area contributed by atoms with Crippen LogP contribution in [0.1, 0.15) is 95.2 Å². The second kappa shape index (κ2) is 10.7. The molecule has 0 aliphatic heterocycles. The molecule has 0 saturated heterocycles. The molecule has 4 aliphatic rings. The molecule has 5 nitrogen and oxygen atoms in total. The monoisotopic (exact) mass is 674 g/mol. The molecule has 0 N–H and O–H groups in total. The molecule has 0 unspecified atom stereocenters. The van der Waals surface area contributed by atoms with Gasteiger partial charge in [-0.15, -0.1) is 22.7 Å². The lowest BCUT2D eigenvalue weighted by Gasteiger charge is -2.34. The molecule has 0 radical (unpaired) electrons. The molecule has 234 valence electrons. The number of carbonyl (C=O) groups excluding carboxylic acids is 3. The van der Waals surface area contributed by atoms with E-state index >= 15 is 0 Å². The molecular weight excluding hydrogens is 654 g/mol. The van der Waals surface area contributed by atoms with Crippen LogP contribution in [0.25, 0.3) is 27.5 Å². The highest BCUT2D eigenvalue weighted by atomic mass is 32.1. The number of Topliss-reactive ketones (excluding diaryl/α,β-unsaturated/α-hetero) is 3. The average Bonchev–Trinajstić information content (AvgIpc) is 3.84. The Hall–Kier alpha value is -5.16. The van der Waals surface area contributed by atoms with Crippen LogP contribution in [-0.4, -0.2) is 17.3 Å². The minimum atomic E-state index is -1.19. The van der Waals surface area contributed by atoms with Crippen molar-refractivity contribution in [2.24, 2.45) is 0 Å². The summed E-state index contributed by atoms with van der Waals surface area (Å²) in [7, 11) is 0. The second-order valence-corrected chi connectivity index (χ2v) is 14.6. The van der Waals surface area contributed by atoms with Crippen molar-refractivity contribution >= 4 is 57.7 Å². The van der Waals surface area contributed by atoms with Gasteiger partial charge in [0.1, 0.15) is 23.5 Å². The summed E-state index contributed by atoms with van der Waals surface area (Å²) in [6, 6.07) is 12.1. The van der Waals surface area contributed by atoms with Gasteiger partial charge in [0, 0.05) is 52.8 Å². The quantitative estimate of drug-likeness (QED) is 0.120. The fourth-order valence-electron chi connectivity index (χ4n) is 7.61. The maximum atomic E-state index is 14.5. The Balaban J connectivity index is 1.25. The summed E-state index contributed by atoms with van der Waals surface area (Å²) >= 11 is 2.89. The van der Waals surface area contributed by atoms with Crippen LogP contribution < -0.4 is 0 Å². The van der Waals surface area contributed by atoms with Crippen LogP contribution in [0.15, 0.2) is 53.1 Å². The van der Waals surface area contributed by atoms with Crippen molar-refractivity contribution in [1.29, 1.82) is 10.5 Å². The van der Waals surface area contributed by atoms with E-state index in [1.807, 2.05) is 18.2 Å². The van der Waals surface area contributed by atoms with Gasteiger partial charge in [-0.1, -0.05) is 19.3 Å². The number of benzene rings is 2. The van der Waals surface area contributed by atoms with Crippen molar-refractivity contribution in [2.45, 2.75) is 44.4 Å². The highest BCUT2D eigenvalue weighted by Crippen LogP contribution is 2.61. The Morgan fingerprint density at radius 1 is 0.688 bits per heavy atom. The van der Waals surface area contributed by atoms with Gasteiger partial charge in [0.15, 0.2) is 29.0 Å². The summed E-state index contributed by atoms with van der Waals surface area (Å²) in [6.45, 7) is 1.56. The van der Waals surface area contributed by atoms with Gasteiger partial charge < -0.3 is 0 Å². The number of thiophene rings is 2. The van der Waals surface area contributed by atoms with E-state index in [9.17, 15) is 38.1 Å². The van der Waals surface area contributed by atoms with Gasteiger partial charge in [0.25, 0.3) is 0 Å². The lowest BCUT2D eigenvalue weighted by atomic mass is 9.68. The van der Waals surface area contributed by atoms with E-state index in [4.69, 9.17) is 0 Å². The minimum Gasteiger partial charge on any atom is -0.289 e. The summed E-state index contributed by atoms with van der Waals surface area (Å²) in [5, 5.41) is 19.5. The average molecular weight is 675 g/mol. The third-order valence-electron chi connectivity index (χ3n) is 9.86. The SMILES string of the molecule is Cc1cc2c(cc1F)C(=O)/C(=C\c1cc3c(s1)-c1sc(C=C4C(=O)c5cc(F)c(F)cc5C4=O)cc1C31CCCCC1)C2=C(C#N)C#N. The van der Waals surface area contributed by atoms with Gasteiger partial charge in [0.2, 0.25) is 0 Å². The normalized spacial score (nSPS) is 17.8. The summed E-state index contributed by atoms with van der Waals surface area (Å²) < 4.78 is 42.3. The van der Waals surface area contributed by atoms with E-state index in [2.05, 4.69) is 6.07 Å². The van der Waals surface area contributed by atoms with E-state index in [0.717, 1.165) is 76.1 Å². The molecule has 1 saturated carbocycles. The number of carbonyl (C=O) groups is 3. The molecule has 2 aromatic carbocycles. The summed E-state index contributed by atoms with van der Waals surface area (Å²) in [5.41, 5.74) is 2.38. The zero-order valence-corrected chi connectivity index (χ0v) is 26.9. The Labute approximate surface area is 280 Å². The number of aryl methyl sites for hydroxylation is 1. The largest absolute Gasteiger partial charge is 0.289 e. The highest BCUT2D eigenvalue weighted by Gasteiger charge is 2.47. The number of halogens is 3. The zero-order chi connectivity index (χ0) is 33.6. The Kier molecular flexibility index (Phi) is 6.72. The standard InChI is InChI=1S/C38H21F3N2O3S2/c1-17-7-21-22(12-29(17)39)33(44)25(32(21)18(15-42)16-43)8-19-10-27-36(47-19)37-28(38(27)5-3-2-4-6-38)11-20(48-37)9-26-34(45)23-13-30(40)31(41)14-24(23)35(26)46/h7-14H,2-6H2,1H3/b25-8-. The van der Waals surface area contributed by atoms with Crippen LogP contribution in [0, 0.1) is 47.0 Å². The topological polar surface area (TPSA) is 98.8 Å². The van der Waals surface area contributed by atoms with Gasteiger partial charge in [0.05, 0.1) is 5.57 Å². The van der Waals surface area contributed by atoms with Gasteiger partial charge in [-0.25, -0.2) is 13.2 Å². The summed E-state index contributed by atoms with van der Waals surface area (Å²) in [5.74, 6) is -4.67. The van der Waals surface area contributed by atoms with E-state index in [1.54, 1.807) is 13.0 Å². The Morgan fingerprint density at radius 3 is 1.71 bits per heavy atom. The smallest absolute Gasteiger partial charge is 0.197 e. The maximum absolute atomic E-state index is 14.5. The Morgan fingerprint density at radius 2 is 1.17 bits per heavy atom. The van der Waals surface area contributed by atoms with Crippen LogP contribution in [-0.2, 0) is 5.41 Å². The van der Waals surface area contributed by atoms with Gasteiger partial charge >= 0.3 is 0 Å². The molecule has 4 aromatic rings. The number of hydrogen-bond acceptors (Lipinski definition) is 7. The molecule has 2 heterocycles. The van der Waals surface area contributed by atoms with Crippen LogP contribution in [0.5, 0.6) is 0 Å². The molecule has 0 atom stereocenters. The summed E-state index contributed by atoms with van der Waals surface area (Å²) in [4.78, 5) is 43.3. The first-order valence-electron chi connectivity index (χ1n) is 15.3. The third-order valence-corrected chi connectivity index (χ3v) is 12.2. The predicted octanol–water partition coefficient (Wildman–Crippen LogP) is 9.31. The highest BCUT2D eigenvalue weighted by molar-refractivity contribution is 7.23. The molecule has 1 fully saturated rings. The first kappa shape index (κ1) is 30.2. The first-order chi connectivity index (χ1) is 23.1. The first-order valence-corrected chi connectivity index (χ1v) is 16.9. The number of nitriles is 2. The molecule has 4 aliphatic carbocycles. The van der Waals surface area contributed by atoms with E-state index in [1.165, 1.54) is 34.8 Å². The summed E-state index contributed by atoms with van der Waals surface area (Å²) in [6.07, 6.45) is 8.05. The van der Waals surface area contributed by atoms with Crippen molar-refractivity contribution in [3.63, 3.8) is 0 Å². The van der Waals surface area contributed by atoms with E-state index in [-0.39, 0.29) is 44.4 Å². The van der Waals surface area contributed by atoms with Crippen molar-refractivity contribution in [1.82, 2.24) is 0 Å². The molecule has 0 amide bonds. The number of nitrogens with zero attached hydrogens (tertiary/aromatic N) is 2. The number of rotatable bonds is 2. The molecule has 48 heavy (non-hydrogen) atoms. The molecule has 1 spiro atoms. The maximum Gasteiger partial charge on any atom is 0.197 e. The van der Waals surface area contributed by atoms with Crippen molar-refractivity contribution in [2.75, 3.05) is 0 Å². The van der Waals surface area contributed by atoms with Crippen LogP contribution >= 0.6 is 22.7 Å². The molecule has 10 heteroatoms. The van der Waals surface area contributed by atoms with Gasteiger partial charge in [-0.3, -0.25) is 14.4 Å². The van der Waals surface area contributed by atoms with Crippen LogP contribution in [0.4, 0.5) is 13.2 Å².